The summed E-state index contributed by atoms with van der Waals surface area (Å²) in [6, 6.07) is 16.8. The Hall–Kier alpha value is -3.10. The monoisotopic (exact) mass is 455 g/mol. The number of likely N-dealkylation sites (tertiary alicyclic amines) is 1. The standard InChI is InChI=1S/C29H33N3O2/c30-21-23-6-4-22(5-7-23)8-11-29(33)32-18-14-27(15-19-32)34-28-10-9-24-12-16-31(26-2-1-3-26)17-13-25(24)20-28/h4-11,20,26-27H,1-3,12-19H2. The van der Waals surface area contributed by atoms with Gasteiger partial charge in [0, 0.05) is 51.1 Å². The minimum atomic E-state index is 0.0313. The van der Waals surface area contributed by atoms with E-state index in [2.05, 4.69) is 29.2 Å². The number of ether oxygens (including phenoxy) is 1. The van der Waals surface area contributed by atoms with Crippen molar-refractivity contribution in [1.29, 1.82) is 5.26 Å². The quantitative estimate of drug-likeness (QED) is 0.619. The molecule has 2 fully saturated rings. The summed E-state index contributed by atoms with van der Waals surface area (Å²) >= 11 is 0. The minimum Gasteiger partial charge on any atom is -0.490 e. The van der Waals surface area contributed by atoms with Gasteiger partial charge >= 0.3 is 0 Å². The van der Waals surface area contributed by atoms with Crippen LogP contribution in [0.1, 0.15) is 54.4 Å². The lowest BCUT2D eigenvalue weighted by Gasteiger charge is -2.36. The van der Waals surface area contributed by atoms with Crippen LogP contribution in [0.3, 0.4) is 0 Å². The second-order valence-electron chi connectivity index (χ2n) is 9.76. The molecule has 5 heteroatoms. The van der Waals surface area contributed by atoms with Crippen LogP contribution in [0, 0.1) is 11.3 Å². The number of amides is 1. The van der Waals surface area contributed by atoms with E-state index in [1.807, 2.05) is 23.1 Å². The summed E-state index contributed by atoms with van der Waals surface area (Å²) in [6.07, 6.45) is 11.7. The third kappa shape index (κ3) is 5.34. The average Bonchev–Trinajstić information content (AvgIpc) is 3.05. The molecule has 34 heavy (non-hydrogen) atoms. The summed E-state index contributed by atoms with van der Waals surface area (Å²) in [7, 11) is 0. The van der Waals surface area contributed by atoms with Crippen molar-refractivity contribution in [3.8, 4) is 11.8 Å². The van der Waals surface area contributed by atoms with E-state index in [4.69, 9.17) is 10.00 Å². The highest BCUT2D eigenvalue weighted by atomic mass is 16.5. The van der Waals surface area contributed by atoms with Crippen LogP contribution >= 0.6 is 0 Å². The maximum atomic E-state index is 12.6. The summed E-state index contributed by atoms with van der Waals surface area (Å²) < 4.78 is 6.35. The van der Waals surface area contributed by atoms with Crippen LogP contribution in [-0.4, -0.2) is 54.0 Å². The number of carbonyl (C=O) groups excluding carboxylic acids is 1. The Labute approximate surface area is 202 Å². The van der Waals surface area contributed by atoms with Crippen LogP contribution in [0.15, 0.2) is 48.5 Å². The second-order valence-corrected chi connectivity index (χ2v) is 9.76. The first kappa shape index (κ1) is 22.7. The largest absolute Gasteiger partial charge is 0.490 e. The summed E-state index contributed by atoms with van der Waals surface area (Å²) in [5, 5.41) is 8.89. The lowest BCUT2D eigenvalue weighted by atomic mass is 9.91. The normalized spacial score (nSPS) is 19.8. The van der Waals surface area contributed by atoms with Gasteiger partial charge in [-0.15, -0.1) is 0 Å². The molecule has 5 nitrogen and oxygen atoms in total. The Morgan fingerprint density at radius 1 is 0.941 bits per heavy atom. The number of benzene rings is 2. The predicted octanol–water partition coefficient (Wildman–Crippen LogP) is 4.59. The lowest BCUT2D eigenvalue weighted by Crippen LogP contribution is -2.41. The van der Waals surface area contributed by atoms with Crippen molar-refractivity contribution in [2.45, 2.75) is 57.1 Å². The number of piperidine rings is 1. The molecule has 2 aromatic carbocycles. The lowest BCUT2D eigenvalue weighted by molar-refractivity contribution is -0.127. The van der Waals surface area contributed by atoms with Gasteiger partial charge < -0.3 is 9.64 Å². The third-order valence-electron chi connectivity index (χ3n) is 7.62. The fraction of sp³-hybridized carbons (Fsp3) is 0.448. The van der Waals surface area contributed by atoms with E-state index < -0.39 is 0 Å². The van der Waals surface area contributed by atoms with Crippen molar-refractivity contribution >= 4 is 12.0 Å². The second kappa shape index (κ2) is 10.4. The van der Waals surface area contributed by atoms with Gasteiger partial charge in [0.15, 0.2) is 0 Å². The van der Waals surface area contributed by atoms with Gasteiger partial charge in [0.05, 0.1) is 11.6 Å². The molecule has 0 bridgehead atoms. The van der Waals surface area contributed by atoms with Gasteiger partial charge in [-0.2, -0.15) is 5.26 Å². The van der Waals surface area contributed by atoms with E-state index in [0.717, 1.165) is 49.6 Å². The first-order valence-electron chi connectivity index (χ1n) is 12.7. The van der Waals surface area contributed by atoms with Gasteiger partial charge in [0.25, 0.3) is 0 Å². The number of nitrogens with zero attached hydrogens (tertiary/aromatic N) is 3. The molecule has 1 saturated carbocycles. The number of fused-ring (bicyclic) bond motifs is 1. The predicted molar refractivity (Wildman–Crippen MR) is 133 cm³/mol. The molecule has 0 spiro atoms. The molecule has 176 valence electrons. The maximum Gasteiger partial charge on any atom is 0.246 e. The highest BCUT2D eigenvalue weighted by molar-refractivity contribution is 5.91. The zero-order chi connectivity index (χ0) is 23.3. The number of rotatable bonds is 5. The first-order chi connectivity index (χ1) is 16.7. The molecule has 1 amide bonds. The van der Waals surface area contributed by atoms with Crippen LogP contribution in [0.25, 0.3) is 6.08 Å². The fourth-order valence-corrected chi connectivity index (χ4v) is 5.24. The van der Waals surface area contributed by atoms with Gasteiger partial charge in [-0.1, -0.05) is 24.6 Å². The Morgan fingerprint density at radius 2 is 1.68 bits per heavy atom. The highest BCUT2D eigenvalue weighted by Crippen LogP contribution is 2.29. The molecule has 1 aliphatic carbocycles. The zero-order valence-corrected chi connectivity index (χ0v) is 19.8. The van der Waals surface area contributed by atoms with Crippen molar-refractivity contribution in [2.24, 2.45) is 0 Å². The van der Waals surface area contributed by atoms with E-state index in [9.17, 15) is 4.79 Å². The third-order valence-corrected chi connectivity index (χ3v) is 7.62. The number of carbonyl (C=O) groups is 1. The number of hydrogen-bond acceptors (Lipinski definition) is 4. The molecule has 2 aromatic rings. The van der Waals surface area contributed by atoms with Gasteiger partial charge in [-0.3, -0.25) is 9.69 Å². The molecule has 0 radical (unpaired) electrons. The van der Waals surface area contributed by atoms with Crippen LogP contribution in [0.5, 0.6) is 5.75 Å². The SMILES string of the molecule is N#Cc1ccc(C=CC(=O)N2CCC(Oc3ccc4c(c3)CCN(C3CCC3)CC4)CC2)cc1. The molecule has 0 aromatic heterocycles. The Bertz CT molecular complexity index is 1070. The highest BCUT2D eigenvalue weighted by Gasteiger charge is 2.27. The topological polar surface area (TPSA) is 56.6 Å². The van der Waals surface area contributed by atoms with Gasteiger partial charge in [-0.05, 0) is 72.7 Å². The Balaban J connectivity index is 1.11. The smallest absolute Gasteiger partial charge is 0.246 e. The molecule has 0 atom stereocenters. The minimum absolute atomic E-state index is 0.0313. The van der Waals surface area contributed by atoms with E-state index >= 15 is 0 Å². The molecule has 2 aliphatic heterocycles. The van der Waals surface area contributed by atoms with Crippen molar-refractivity contribution in [1.82, 2.24) is 9.80 Å². The summed E-state index contributed by atoms with van der Waals surface area (Å²) in [5.41, 5.74) is 4.46. The number of nitriles is 1. The van der Waals surface area contributed by atoms with E-state index in [1.54, 1.807) is 18.2 Å². The van der Waals surface area contributed by atoms with Crippen LogP contribution in [0.2, 0.25) is 0 Å². The van der Waals surface area contributed by atoms with Crippen LogP contribution < -0.4 is 4.74 Å². The maximum absolute atomic E-state index is 12.6. The molecular formula is C29H33N3O2. The summed E-state index contributed by atoms with van der Waals surface area (Å²) in [6.45, 7) is 3.77. The molecule has 1 saturated heterocycles. The molecule has 0 unspecified atom stereocenters. The zero-order valence-electron chi connectivity index (χ0n) is 19.8. The van der Waals surface area contributed by atoms with Gasteiger partial charge in [0.2, 0.25) is 5.91 Å². The fourth-order valence-electron chi connectivity index (χ4n) is 5.24. The molecule has 5 rings (SSSR count). The van der Waals surface area contributed by atoms with E-state index in [-0.39, 0.29) is 12.0 Å². The van der Waals surface area contributed by atoms with Crippen LogP contribution in [-0.2, 0) is 17.6 Å². The van der Waals surface area contributed by atoms with Gasteiger partial charge in [0.1, 0.15) is 11.9 Å². The molecule has 2 heterocycles. The summed E-state index contributed by atoms with van der Waals surface area (Å²) in [4.78, 5) is 17.2. The van der Waals surface area contributed by atoms with Crippen molar-refractivity contribution in [3.05, 3.63) is 70.8 Å². The van der Waals surface area contributed by atoms with Crippen molar-refractivity contribution in [2.75, 3.05) is 26.2 Å². The van der Waals surface area contributed by atoms with E-state index in [0.29, 0.717) is 18.7 Å². The van der Waals surface area contributed by atoms with E-state index in [1.165, 1.54) is 36.9 Å². The first-order valence-corrected chi connectivity index (χ1v) is 12.7. The molecule has 0 N–H and O–H groups in total. The van der Waals surface area contributed by atoms with Gasteiger partial charge in [-0.25, -0.2) is 0 Å². The Morgan fingerprint density at radius 3 is 2.35 bits per heavy atom. The molecular weight excluding hydrogens is 422 g/mol. The summed E-state index contributed by atoms with van der Waals surface area (Å²) in [5.74, 6) is 1.00. The van der Waals surface area contributed by atoms with Crippen molar-refractivity contribution < 1.29 is 9.53 Å². The van der Waals surface area contributed by atoms with Crippen molar-refractivity contribution in [3.63, 3.8) is 0 Å². The van der Waals surface area contributed by atoms with Crippen LogP contribution in [0.4, 0.5) is 0 Å². The average molecular weight is 456 g/mol. The Kier molecular flexibility index (Phi) is 6.97. The molecule has 3 aliphatic rings. The number of hydrogen-bond donors (Lipinski definition) is 0.